The third kappa shape index (κ3) is 3.42. The Labute approximate surface area is 174 Å². The van der Waals surface area contributed by atoms with Crippen LogP contribution in [-0.2, 0) is 11.3 Å². The summed E-state index contributed by atoms with van der Waals surface area (Å²) in [7, 11) is 1.64. The van der Waals surface area contributed by atoms with E-state index in [9.17, 15) is 10.1 Å². The summed E-state index contributed by atoms with van der Waals surface area (Å²) in [5, 5.41) is 14.7. The van der Waals surface area contributed by atoms with Crippen LogP contribution >= 0.6 is 0 Å². The van der Waals surface area contributed by atoms with Crippen molar-refractivity contribution in [1.29, 1.82) is 5.26 Å². The summed E-state index contributed by atoms with van der Waals surface area (Å²) in [6, 6.07) is 13.1. The number of ether oxygens (including phenoxy) is 1. The second-order valence-corrected chi connectivity index (χ2v) is 6.79. The molecule has 1 amide bonds. The Hall–Kier alpha value is -3.98. The minimum Gasteiger partial charge on any atom is -0.497 e. The summed E-state index contributed by atoms with van der Waals surface area (Å²) in [6.45, 7) is 2.73. The van der Waals surface area contributed by atoms with Crippen LogP contribution in [0.2, 0.25) is 0 Å². The van der Waals surface area contributed by atoms with E-state index in [0.717, 1.165) is 27.6 Å². The summed E-state index contributed by atoms with van der Waals surface area (Å²) in [5.74, 6) is 0.688. The minimum absolute atomic E-state index is 0.241. The first-order valence-electron chi connectivity index (χ1n) is 9.70. The number of anilines is 1. The number of allylic oxidation sites excluding steroid dienone is 2. The quantitative estimate of drug-likeness (QED) is 0.713. The number of hydrogen-bond donors (Lipinski definition) is 1. The van der Waals surface area contributed by atoms with Crippen LogP contribution in [0.15, 0.2) is 58.9 Å². The van der Waals surface area contributed by atoms with E-state index in [4.69, 9.17) is 9.15 Å². The third-order valence-electron chi connectivity index (χ3n) is 5.07. The Morgan fingerprint density at radius 3 is 2.87 bits per heavy atom. The first-order chi connectivity index (χ1) is 14.7. The highest BCUT2D eigenvalue weighted by atomic mass is 16.5. The first kappa shape index (κ1) is 19.3. The minimum atomic E-state index is -0.323. The van der Waals surface area contributed by atoms with Gasteiger partial charge in [-0.05, 0) is 43.7 Å². The van der Waals surface area contributed by atoms with E-state index in [2.05, 4.69) is 22.0 Å². The highest BCUT2D eigenvalue weighted by Gasteiger charge is 2.18. The van der Waals surface area contributed by atoms with Crippen LogP contribution in [0.1, 0.15) is 29.5 Å². The van der Waals surface area contributed by atoms with Gasteiger partial charge in [-0.25, -0.2) is 0 Å². The second kappa shape index (κ2) is 8.18. The van der Waals surface area contributed by atoms with Gasteiger partial charge in [0, 0.05) is 29.1 Å². The van der Waals surface area contributed by atoms with Gasteiger partial charge in [0.25, 0.3) is 5.91 Å². The molecule has 0 unspecified atom stereocenters. The van der Waals surface area contributed by atoms with Crippen molar-refractivity contribution >= 4 is 23.7 Å². The SMILES string of the molecule is CCn1c(-c2cccc(NC(=O)c3ccco3)c2)c(C#N)c2c1=CC(OC)=CCC=2. The van der Waals surface area contributed by atoms with Crippen LogP contribution in [0.25, 0.3) is 23.4 Å². The molecule has 1 aliphatic rings. The number of nitrogens with zero attached hydrogens (tertiary/aromatic N) is 2. The molecule has 0 saturated carbocycles. The number of nitriles is 1. The average molecular weight is 399 g/mol. The van der Waals surface area contributed by atoms with Crippen LogP contribution in [0.5, 0.6) is 0 Å². The maximum atomic E-state index is 12.3. The maximum absolute atomic E-state index is 12.3. The molecule has 150 valence electrons. The van der Waals surface area contributed by atoms with Crippen LogP contribution in [0.3, 0.4) is 0 Å². The van der Waals surface area contributed by atoms with E-state index >= 15 is 0 Å². The van der Waals surface area contributed by atoms with Gasteiger partial charge in [0.05, 0.1) is 30.0 Å². The van der Waals surface area contributed by atoms with E-state index < -0.39 is 0 Å². The van der Waals surface area contributed by atoms with Gasteiger partial charge in [-0.3, -0.25) is 4.79 Å². The summed E-state index contributed by atoms with van der Waals surface area (Å²) >= 11 is 0. The molecule has 0 fully saturated rings. The van der Waals surface area contributed by atoms with Gasteiger partial charge in [0.15, 0.2) is 5.76 Å². The molecule has 1 aromatic carbocycles. The molecule has 0 aliphatic heterocycles. The number of furan rings is 1. The lowest BCUT2D eigenvalue weighted by Crippen LogP contribution is -2.29. The summed E-state index contributed by atoms with van der Waals surface area (Å²) in [4.78, 5) is 12.3. The Morgan fingerprint density at radius 1 is 1.30 bits per heavy atom. The molecule has 0 atom stereocenters. The summed E-state index contributed by atoms with van der Waals surface area (Å²) in [6.07, 6.45) is 8.16. The average Bonchev–Trinajstić information content (AvgIpc) is 3.34. The number of fused-ring (bicyclic) bond motifs is 1. The molecular formula is C24H21N3O3. The number of benzene rings is 1. The Bertz CT molecular complexity index is 1290. The molecule has 6 nitrogen and oxygen atoms in total. The van der Waals surface area contributed by atoms with E-state index in [0.29, 0.717) is 24.2 Å². The van der Waals surface area contributed by atoms with E-state index in [-0.39, 0.29) is 11.7 Å². The first-order valence-corrected chi connectivity index (χ1v) is 9.70. The van der Waals surface area contributed by atoms with Gasteiger partial charge in [-0.2, -0.15) is 5.26 Å². The molecule has 1 aliphatic carbocycles. The van der Waals surface area contributed by atoms with E-state index in [1.807, 2.05) is 43.3 Å². The van der Waals surface area contributed by atoms with Crippen molar-refractivity contribution in [2.24, 2.45) is 0 Å². The molecule has 0 saturated heterocycles. The normalized spacial score (nSPS) is 12.5. The maximum Gasteiger partial charge on any atom is 0.291 e. The van der Waals surface area contributed by atoms with Gasteiger partial charge in [-0.15, -0.1) is 0 Å². The predicted octanol–water partition coefficient (Wildman–Crippen LogP) is 3.39. The fourth-order valence-electron chi connectivity index (χ4n) is 3.73. The van der Waals surface area contributed by atoms with Crippen LogP contribution in [0, 0.1) is 11.3 Å². The van der Waals surface area contributed by atoms with E-state index in [1.54, 1.807) is 19.2 Å². The van der Waals surface area contributed by atoms with Crippen molar-refractivity contribution in [3.05, 3.63) is 76.4 Å². The number of carbonyl (C=O) groups excluding carboxylic acids is 1. The van der Waals surface area contributed by atoms with Crippen molar-refractivity contribution in [2.45, 2.75) is 19.9 Å². The lowest BCUT2D eigenvalue weighted by Gasteiger charge is -2.11. The largest absolute Gasteiger partial charge is 0.497 e. The molecule has 2 aromatic heterocycles. The Morgan fingerprint density at radius 2 is 2.17 bits per heavy atom. The zero-order valence-electron chi connectivity index (χ0n) is 16.8. The third-order valence-corrected chi connectivity index (χ3v) is 5.07. The number of carbonyl (C=O) groups is 1. The summed E-state index contributed by atoms with van der Waals surface area (Å²) in [5.41, 5.74) is 2.91. The number of aromatic nitrogens is 1. The van der Waals surface area contributed by atoms with Crippen LogP contribution in [0.4, 0.5) is 5.69 Å². The highest BCUT2D eigenvalue weighted by Crippen LogP contribution is 2.25. The lowest BCUT2D eigenvalue weighted by atomic mass is 10.1. The van der Waals surface area contributed by atoms with Gasteiger partial charge in [0.1, 0.15) is 11.8 Å². The standard InChI is InChI=1S/C24H21N3O3/c1-3-27-21-14-18(29-2)9-5-10-19(21)20(15-25)23(27)16-7-4-8-17(13-16)26-24(28)22-11-6-12-30-22/h4,6-14H,3,5H2,1-2H3,(H,26,28). The van der Waals surface area contributed by atoms with Crippen molar-refractivity contribution in [3.8, 4) is 17.3 Å². The van der Waals surface area contributed by atoms with Gasteiger partial charge in [0.2, 0.25) is 0 Å². The molecule has 0 spiro atoms. The molecule has 0 radical (unpaired) electrons. The van der Waals surface area contributed by atoms with Crippen molar-refractivity contribution in [1.82, 2.24) is 4.57 Å². The zero-order chi connectivity index (χ0) is 21.1. The smallest absolute Gasteiger partial charge is 0.291 e. The molecule has 2 heterocycles. The highest BCUT2D eigenvalue weighted by molar-refractivity contribution is 6.02. The molecule has 30 heavy (non-hydrogen) atoms. The van der Waals surface area contributed by atoms with Crippen LogP contribution in [-0.4, -0.2) is 17.6 Å². The number of amides is 1. The molecule has 3 aromatic rings. The molecule has 1 N–H and O–H groups in total. The van der Waals surface area contributed by atoms with Crippen molar-refractivity contribution in [3.63, 3.8) is 0 Å². The Balaban J connectivity index is 1.84. The van der Waals surface area contributed by atoms with E-state index in [1.165, 1.54) is 6.26 Å². The van der Waals surface area contributed by atoms with Crippen LogP contribution < -0.4 is 15.9 Å². The molecular weight excluding hydrogens is 378 g/mol. The number of nitrogens with one attached hydrogen (secondary N) is 1. The number of methoxy groups -OCH3 is 1. The molecule has 6 heteroatoms. The van der Waals surface area contributed by atoms with Gasteiger partial charge in [-0.1, -0.05) is 18.2 Å². The predicted molar refractivity (Wildman–Crippen MR) is 115 cm³/mol. The Kier molecular flexibility index (Phi) is 5.27. The second-order valence-electron chi connectivity index (χ2n) is 6.79. The fourth-order valence-corrected chi connectivity index (χ4v) is 3.73. The molecule has 4 rings (SSSR count). The van der Waals surface area contributed by atoms with Gasteiger partial charge < -0.3 is 19.0 Å². The lowest BCUT2D eigenvalue weighted by molar-refractivity contribution is 0.0996. The summed E-state index contributed by atoms with van der Waals surface area (Å²) < 4.78 is 12.7. The monoisotopic (exact) mass is 399 g/mol. The van der Waals surface area contributed by atoms with Gasteiger partial charge >= 0.3 is 0 Å². The zero-order valence-corrected chi connectivity index (χ0v) is 16.8. The fraction of sp³-hybridized carbons (Fsp3) is 0.167. The van der Waals surface area contributed by atoms with Crippen molar-refractivity contribution < 1.29 is 13.9 Å². The number of hydrogen-bond acceptors (Lipinski definition) is 4. The van der Waals surface area contributed by atoms with Crippen molar-refractivity contribution in [2.75, 3.05) is 12.4 Å². The topological polar surface area (TPSA) is 80.2 Å². The molecule has 0 bridgehead atoms. The number of rotatable bonds is 5.